The maximum absolute atomic E-state index is 11.4. The molecule has 0 aromatic carbocycles. The third kappa shape index (κ3) is 4.81. The van der Waals surface area contributed by atoms with E-state index in [4.69, 9.17) is 4.74 Å². The highest BCUT2D eigenvalue weighted by Crippen LogP contribution is 2.41. The van der Waals surface area contributed by atoms with E-state index in [1.54, 1.807) is 0 Å². The number of aliphatic carboxylic acids is 1. The van der Waals surface area contributed by atoms with Gasteiger partial charge in [-0.15, -0.1) is 0 Å². The van der Waals surface area contributed by atoms with Crippen molar-refractivity contribution >= 4 is 5.97 Å². The molecule has 0 radical (unpaired) electrons. The summed E-state index contributed by atoms with van der Waals surface area (Å²) in [6.07, 6.45) is 11.1. The molecule has 1 N–H and O–H groups in total. The summed E-state index contributed by atoms with van der Waals surface area (Å²) in [4.78, 5) is 11.4. The van der Waals surface area contributed by atoms with Crippen LogP contribution in [0.25, 0.3) is 0 Å². The first-order valence-corrected chi connectivity index (χ1v) is 8.77. The summed E-state index contributed by atoms with van der Waals surface area (Å²) in [5, 5.41) is 9.38. The zero-order valence-electron chi connectivity index (χ0n) is 14.8. The van der Waals surface area contributed by atoms with Crippen LogP contribution >= 0.6 is 0 Å². The highest BCUT2D eigenvalue weighted by Gasteiger charge is 2.41. The van der Waals surface area contributed by atoms with Crippen molar-refractivity contribution in [3.63, 3.8) is 0 Å². The Bertz CT molecular complexity index is 523. The molecule has 1 heterocycles. The SMILES string of the molecule is CC(C)=CCC/C(=C\C[C@@H]1O[C@@H]2C=C(C)CC[C@@H]2[C@H]1C)C(=O)O. The van der Waals surface area contributed by atoms with Crippen LogP contribution in [-0.2, 0) is 9.53 Å². The summed E-state index contributed by atoms with van der Waals surface area (Å²) in [6, 6.07) is 0. The zero-order chi connectivity index (χ0) is 17.0. The molecule has 0 unspecified atom stereocenters. The number of ether oxygens (including phenoxy) is 1. The van der Waals surface area contributed by atoms with Gasteiger partial charge in [0, 0.05) is 5.57 Å². The third-order valence-corrected chi connectivity index (χ3v) is 5.17. The summed E-state index contributed by atoms with van der Waals surface area (Å²) in [6.45, 7) is 8.50. The monoisotopic (exact) mass is 318 g/mol. The number of carbonyl (C=O) groups is 1. The van der Waals surface area contributed by atoms with E-state index in [9.17, 15) is 9.90 Å². The molecule has 0 saturated carbocycles. The molecule has 0 spiro atoms. The van der Waals surface area contributed by atoms with Gasteiger partial charge >= 0.3 is 5.97 Å². The summed E-state index contributed by atoms with van der Waals surface area (Å²) in [5.74, 6) is 0.287. The first kappa shape index (κ1) is 18.0. The predicted molar refractivity (Wildman–Crippen MR) is 93.3 cm³/mol. The number of rotatable bonds is 6. The van der Waals surface area contributed by atoms with Crippen molar-refractivity contribution in [1.82, 2.24) is 0 Å². The van der Waals surface area contributed by atoms with Crippen molar-refractivity contribution < 1.29 is 14.6 Å². The maximum Gasteiger partial charge on any atom is 0.331 e. The fraction of sp³-hybridized carbons (Fsp3) is 0.650. The lowest BCUT2D eigenvalue weighted by atomic mass is 9.80. The van der Waals surface area contributed by atoms with Gasteiger partial charge in [0.15, 0.2) is 0 Å². The Labute approximate surface area is 140 Å². The van der Waals surface area contributed by atoms with Crippen molar-refractivity contribution in [3.8, 4) is 0 Å². The van der Waals surface area contributed by atoms with Crippen LogP contribution < -0.4 is 0 Å². The van der Waals surface area contributed by atoms with Gasteiger partial charge < -0.3 is 9.84 Å². The molecule has 1 fully saturated rings. The van der Waals surface area contributed by atoms with E-state index in [-0.39, 0.29) is 12.2 Å². The molecule has 0 aromatic heterocycles. The third-order valence-electron chi connectivity index (χ3n) is 5.17. The number of allylic oxidation sites excluding steroid dienone is 3. The Balaban J connectivity index is 1.97. The molecule has 0 bridgehead atoms. The Morgan fingerprint density at radius 1 is 1.39 bits per heavy atom. The van der Waals surface area contributed by atoms with Crippen LogP contribution in [0, 0.1) is 11.8 Å². The number of hydrogen-bond donors (Lipinski definition) is 1. The molecule has 0 aromatic rings. The Morgan fingerprint density at radius 2 is 2.13 bits per heavy atom. The van der Waals surface area contributed by atoms with Gasteiger partial charge in [0.2, 0.25) is 0 Å². The predicted octanol–water partition coefficient (Wildman–Crippen LogP) is 4.89. The molecular weight excluding hydrogens is 288 g/mol. The average Bonchev–Trinajstić information content (AvgIpc) is 2.77. The molecule has 128 valence electrons. The molecule has 1 saturated heterocycles. The van der Waals surface area contributed by atoms with E-state index in [0.29, 0.717) is 30.3 Å². The summed E-state index contributed by atoms with van der Waals surface area (Å²) in [5.41, 5.74) is 3.16. The Morgan fingerprint density at radius 3 is 2.78 bits per heavy atom. The topological polar surface area (TPSA) is 46.5 Å². The maximum atomic E-state index is 11.4. The molecule has 2 rings (SSSR count). The minimum atomic E-state index is -0.800. The van der Waals surface area contributed by atoms with Crippen molar-refractivity contribution in [1.29, 1.82) is 0 Å². The zero-order valence-corrected chi connectivity index (χ0v) is 14.8. The number of carboxylic acid groups (broad SMARTS) is 1. The highest BCUT2D eigenvalue weighted by atomic mass is 16.5. The molecule has 3 nitrogen and oxygen atoms in total. The minimum absolute atomic E-state index is 0.143. The first-order chi connectivity index (χ1) is 10.9. The molecule has 2 aliphatic rings. The van der Waals surface area contributed by atoms with Crippen LogP contribution in [0.15, 0.2) is 34.9 Å². The number of fused-ring (bicyclic) bond motifs is 1. The molecule has 3 heteroatoms. The molecule has 1 aliphatic heterocycles. The van der Waals surface area contributed by atoms with Gasteiger partial charge in [0.1, 0.15) is 0 Å². The molecule has 4 atom stereocenters. The Hall–Kier alpha value is -1.35. The van der Waals surface area contributed by atoms with Crippen molar-refractivity contribution in [2.75, 3.05) is 0 Å². The van der Waals surface area contributed by atoms with Gasteiger partial charge in [-0.3, -0.25) is 0 Å². The number of carboxylic acids is 1. The summed E-state index contributed by atoms with van der Waals surface area (Å²) < 4.78 is 6.20. The smallest absolute Gasteiger partial charge is 0.331 e. The number of hydrogen-bond acceptors (Lipinski definition) is 2. The van der Waals surface area contributed by atoms with Gasteiger partial charge in [-0.25, -0.2) is 4.79 Å². The van der Waals surface area contributed by atoms with Gasteiger partial charge in [-0.05, 0) is 64.7 Å². The standard InChI is InChI=1S/C20H30O3/c1-13(2)6-5-7-16(20(21)22)9-11-18-15(4)17-10-8-14(3)12-19(17)23-18/h6,9,12,15,17-19H,5,7-8,10-11H2,1-4H3,(H,21,22)/b16-9+/t15-,17-,18+,19-/m1/s1. The van der Waals surface area contributed by atoms with Crippen molar-refractivity contribution in [2.24, 2.45) is 11.8 Å². The highest BCUT2D eigenvalue weighted by molar-refractivity contribution is 5.86. The lowest BCUT2D eigenvalue weighted by Crippen LogP contribution is -2.21. The average molecular weight is 318 g/mol. The van der Waals surface area contributed by atoms with Crippen molar-refractivity contribution in [3.05, 3.63) is 34.9 Å². The van der Waals surface area contributed by atoms with E-state index in [2.05, 4.69) is 26.0 Å². The van der Waals surface area contributed by atoms with E-state index >= 15 is 0 Å². The minimum Gasteiger partial charge on any atom is -0.478 e. The van der Waals surface area contributed by atoms with Gasteiger partial charge in [-0.2, -0.15) is 0 Å². The van der Waals surface area contributed by atoms with Gasteiger partial charge in [0.05, 0.1) is 12.2 Å². The Kier molecular flexibility index (Phi) is 6.23. The van der Waals surface area contributed by atoms with Crippen LogP contribution in [0.2, 0.25) is 0 Å². The fourth-order valence-electron chi connectivity index (χ4n) is 3.69. The van der Waals surface area contributed by atoms with Crippen LogP contribution in [0.1, 0.15) is 59.8 Å². The lowest BCUT2D eigenvalue weighted by Gasteiger charge is -2.23. The van der Waals surface area contributed by atoms with Crippen LogP contribution in [0.4, 0.5) is 0 Å². The lowest BCUT2D eigenvalue weighted by molar-refractivity contribution is -0.132. The largest absolute Gasteiger partial charge is 0.478 e. The molecule has 0 amide bonds. The summed E-state index contributed by atoms with van der Waals surface area (Å²) in [7, 11) is 0. The van der Waals surface area contributed by atoms with Gasteiger partial charge in [-0.1, -0.05) is 36.3 Å². The van der Waals surface area contributed by atoms with Gasteiger partial charge in [0.25, 0.3) is 0 Å². The van der Waals surface area contributed by atoms with Crippen LogP contribution in [-0.4, -0.2) is 23.3 Å². The second kappa shape index (κ2) is 7.96. The van der Waals surface area contributed by atoms with Crippen molar-refractivity contribution in [2.45, 2.75) is 72.0 Å². The van der Waals surface area contributed by atoms with E-state index in [1.807, 2.05) is 19.9 Å². The second-order valence-corrected chi connectivity index (χ2v) is 7.30. The first-order valence-electron chi connectivity index (χ1n) is 8.77. The van der Waals surface area contributed by atoms with E-state index in [1.165, 1.54) is 24.0 Å². The molecule has 23 heavy (non-hydrogen) atoms. The van der Waals surface area contributed by atoms with E-state index in [0.717, 1.165) is 6.42 Å². The normalized spacial score (nSPS) is 30.6. The quantitative estimate of drug-likeness (QED) is 0.560. The van der Waals surface area contributed by atoms with Crippen LogP contribution in [0.5, 0.6) is 0 Å². The van der Waals surface area contributed by atoms with Crippen LogP contribution in [0.3, 0.4) is 0 Å². The van der Waals surface area contributed by atoms with E-state index < -0.39 is 5.97 Å². The molecular formula is C20H30O3. The fourth-order valence-corrected chi connectivity index (χ4v) is 3.69. The molecule has 1 aliphatic carbocycles. The second-order valence-electron chi connectivity index (χ2n) is 7.30. The summed E-state index contributed by atoms with van der Waals surface area (Å²) >= 11 is 0.